The highest BCUT2D eigenvalue weighted by Crippen LogP contribution is 2.43. The highest BCUT2D eigenvalue weighted by molar-refractivity contribution is 6.35. The maximum Gasteiger partial charge on any atom is 0.311 e. The fourth-order valence-electron chi connectivity index (χ4n) is 6.41. The van der Waals surface area contributed by atoms with Gasteiger partial charge in [0, 0.05) is 59.1 Å². The van der Waals surface area contributed by atoms with E-state index >= 15 is 0 Å². The van der Waals surface area contributed by atoms with Crippen LogP contribution in [0.25, 0.3) is 0 Å². The summed E-state index contributed by atoms with van der Waals surface area (Å²) in [5.74, 6) is -3.14. The van der Waals surface area contributed by atoms with Crippen LogP contribution in [0.3, 0.4) is 0 Å². The summed E-state index contributed by atoms with van der Waals surface area (Å²) < 4.78 is 16.5. The normalized spacial score (nSPS) is 21.4. The average molecular weight is 607 g/mol. The van der Waals surface area contributed by atoms with Crippen molar-refractivity contribution in [2.24, 2.45) is 13.0 Å². The first kappa shape index (κ1) is 29.5. The number of hydrogen-bond acceptors (Lipinski definition) is 8. The summed E-state index contributed by atoms with van der Waals surface area (Å²) in [7, 11) is 1.93. The Kier molecular flexibility index (Phi) is 7.93. The zero-order valence-corrected chi connectivity index (χ0v) is 24.5. The molecule has 3 aromatic rings. The number of amides is 3. The SMILES string of the molecule is Cn1cncc1CN1CCN(C(=O)C(=O)NC23CCC(CC2)Cn2c3nc(C(=O)NCc3ccc(F)cc3)c(O)c2=O)CC1. The number of halogens is 1. The molecule has 4 aliphatic rings. The number of aryl methyl sites for hydroxylation is 1. The van der Waals surface area contributed by atoms with E-state index in [4.69, 9.17) is 0 Å². The summed E-state index contributed by atoms with van der Waals surface area (Å²) >= 11 is 0. The number of benzene rings is 1. The highest BCUT2D eigenvalue weighted by atomic mass is 19.1. The third-order valence-corrected chi connectivity index (χ3v) is 9.06. The lowest BCUT2D eigenvalue weighted by Gasteiger charge is -2.38. The zero-order chi connectivity index (χ0) is 31.0. The summed E-state index contributed by atoms with van der Waals surface area (Å²) in [6, 6.07) is 5.54. The van der Waals surface area contributed by atoms with Crippen molar-refractivity contribution >= 4 is 17.7 Å². The first-order valence-electron chi connectivity index (χ1n) is 14.8. The van der Waals surface area contributed by atoms with Gasteiger partial charge < -0.3 is 25.2 Å². The number of aromatic hydroxyl groups is 1. The summed E-state index contributed by atoms with van der Waals surface area (Å²) in [4.78, 5) is 65.6. The Balaban J connectivity index is 1.19. The van der Waals surface area contributed by atoms with Crippen molar-refractivity contribution in [2.45, 2.75) is 50.9 Å². The van der Waals surface area contributed by atoms with Crippen molar-refractivity contribution < 1.29 is 23.9 Å². The van der Waals surface area contributed by atoms with Crippen molar-refractivity contribution in [2.75, 3.05) is 26.2 Å². The molecule has 44 heavy (non-hydrogen) atoms. The number of fused-ring (bicyclic) bond motifs is 2. The van der Waals surface area contributed by atoms with Crippen molar-refractivity contribution in [3.05, 3.63) is 75.7 Å². The van der Waals surface area contributed by atoms with E-state index in [0.717, 1.165) is 5.69 Å². The number of nitrogens with one attached hydrogen (secondary N) is 2. The molecule has 1 saturated carbocycles. The minimum absolute atomic E-state index is 0.0203. The van der Waals surface area contributed by atoms with Crippen molar-refractivity contribution in [3.63, 3.8) is 0 Å². The van der Waals surface area contributed by atoms with E-state index in [2.05, 4.69) is 25.5 Å². The molecule has 1 aromatic carbocycles. The monoisotopic (exact) mass is 606 g/mol. The maximum atomic E-state index is 13.5. The van der Waals surface area contributed by atoms with Crippen LogP contribution in [0.4, 0.5) is 4.39 Å². The van der Waals surface area contributed by atoms with E-state index in [1.165, 1.54) is 33.7 Å². The van der Waals surface area contributed by atoms with E-state index in [-0.39, 0.29) is 24.8 Å². The van der Waals surface area contributed by atoms with Crippen LogP contribution in [0.2, 0.25) is 0 Å². The van der Waals surface area contributed by atoms with E-state index < -0.39 is 46.1 Å². The van der Waals surface area contributed by atoms with Gasteiger partial charge in [0.15, 0.2) is 5.69 Å². The molecule has 2 bridgehead atoms. The highest BCUT2D eigenvalue weighted by Gasteiger charge is 2.47. The Labute approximate surface area is 252 Å². The summed E-state index contributed by atoms with van der Waals surface area (Å²) in [6.07, 6.45) is 5.77. The molecule has 0 unspecified atom stereocenters. The second-order valence-corrected chi connectivity index (χ2v) is 11.9. The molecule has 0 radical (unpaired) electrons. The van der Waals surface area contributed by atoms with E-state index in [9.17, 15) is 28.7 Å². The van der Waals surface area contributed by atoms with Gasteiger partial charge in [0.1, 0.15) is 11.6 Å². The standard InChI is InChI=1S/C30H35FN8O5/c1-36-18-32-15-22(36)17-37-10-12-38(13-11-37)28(44)26(42)35-30-8-6-20(7-9-30)16-39-27(43)24(40)23(34-29(30)39)25(41)33-14-19-2-4-21(31)5-3-19/h2-5,15,18,20,40H,6-14,16-17H2,1H3,(H,33,41)(H,35,42). The van der Waals surface area contributed by atoms with Gasteiger partial charge >= 0.3 is 11.8 Å². The van der Waals surface area contributed by atoms with Gasteiger partial charge in [-0.2, -0.15) is 0 Å². The Morgan fingerprint density at radius 3 is 2.45 bits per heavy atom. The largest absolute Gasteiger partial charge is 0.501 e. The van der Waals surface area contributed by atoms with Crippen LogP contribution >= 0.6 is 0 Å². The molecule has 3 N–H and O–H groups in total. The van der Waals surface area contributed by atoms with E-state index in [1.54, 1.807) is 6.33 Å². The molecule has 0 spiro atoms. The summed E-state index contributed by atoms with van der Waals surface area (Å²) in [5.41, 5.74) is -0.714. The number of imidazole rings is 1. The topological polar surface area (TPSA) is 155 Å². The van der Waals surface area contributed by atoms with Crippen LogP contribution in [0.15, 0.2) is 41.6 Å². The molecule has 1 aliphatic carbocycles. The van der Waals surface area contributed by atoms with Gasteiger partial charge in [-0.1, -0.05) is 12.1 Å². The number of carbonyl (C=O) groups excluding carboxylic acids is 3. The van der Waals surface area contributed by atoms with Crippen molar-refractivity contribution in [1.82, 2.24) is 39.5 Å². The smallest absolute Gasteiger partial charge is 0.311 e. The number of aromatic nitrogens is 4. The lowest BCUT2D eigenvalue weighted by molar-refractivity contribution is -0.148. The van der Waals surface area contributed by atoms with Gasteiger partial charge in [-0.3, -0.25) is 28.6 Å². The minimum Gasteiger partial charge on any atom is -0.501 e. The third kappa shape index (κ3) is 5.68. The lowest BCUT2D eigenvalue weighted by Crippen LogP contribution is -2.57. The average Bonchev–Trinajstić information content (AvgIpc) is 3.28. The number of carbonyl (C=O) groups is 3. The molecule has 0 atom stereocenters. The molecular formula is C30H35FN8O5. The number of nitrogens with zero attached hydrogens (tertiary/aromatic N) is 6. The predicted octanol–water partition coefficient (Wildman–Crippen LogP) is 0.611. The number of piperazine rings is 1. The lowest BCUT2D eigenvalue weighted by atomic mass is 9.77. The Hall–Kier alpha value is -4.59. The summed E-state index contributed by atoms with van der Waals surface area (Å²) in [6.45, 7) is 2.99. The molecule has 1 saturated heterocycles. The van der Waals surface area contributed by atoms with Crippen molar-refractivity contribution in [1.29, 1.82) is 0 Å². The molecule has 5 heterocycles. The van der Waals surface area contributed by atoms with Crippen LogP contribution in [-0.4, -0.2) is 77.9 Å². The predicted molar refractivity (Wildman–Crippen MR) is 155 cm³/mol. The van der Waals surface area contributed by atoms with Crippen LogP contribution < -0.4 is 16.2 Å². The number of hydrogen-bond donors (Lipinski definition) is 3. The first-order valence-corrected chi connectivity index (χ1v) is 14.8. The van der Waals surface area contributed by atoms with Crippen molar-refractivity contribution in [3.8, 4) is 5.75 Å². The van der Waals surface area contributed by atoms with Gasteiger partial charge in [-0.05, 0) is 49.3 Å². The molecule has 14 heteroatoms. The molecule has 7 rings (SSSR count). The maximum absolute atomic E-state index is 13.5. The molecule has 232 valence electrons. The Bertz CT molecular complexity index is 1640. The van der Waals surface area contributed by atoms with Crippen LogP contribution in [0.5, 0.6) is 5.75 Å². The zero-order valence-electron chi connectivity index (χ0n) is 24.5. The number of rotatable bonds is 6. The summed E-state index contributed by atoms with van der Waals surface area (Å²) in [5, 5.41) is 16.3. The van der Waals surface area contributed by atoms with Crippen LogP contribution in [0, 0.1) is 11.7 Å². The van der Waals surface area contributed by atoms with Gasteiger partial charge in [-0.25, -0.2) is 14.4 Å². The molecular weight excluding hydrogens is 571 g/mol. The molecule has 3 aliphatic heterocycles. The Morgan fingerprint density at radius 2 is 1.80 bits per heavy atom. The second kappa shape index (κ2) is 11.8. The van der Waals surface area contributed by atoms with Gasteiger partial charge in [-0.15, -0.1) is 0 Å². The molecule has 13 nitrogen and oxygen atoms in total. The molecule has 2 fully saturated rings. The molecule has 3 amide bonds. The minimum atomic E-state index is -1.15. The third-order valence-electron chi connectivity index (χ3n) is 9.06. The van der Waals surface area contributed by atoms with Gasteiger partial charge in [0.05, 0.1) is 17.6 Å². The molecule has 2 aromatic heterocycles. The van der Waals surface area contributed by atoms with Crippen LogP contribution in [0.1, 0.15) is 53.3 Å². The van der Waals surface area contributed by atoms with Gasteiger partial charge in [0.2, 0.25) is 5.75 Å². The van der Waals surface area contributed by atoms with Gasteiger partial charge in [0.25, 0.3) is 11.5 Å². The fourth-order valence-corrected chi connectivity index (χ4v) is 6.41. The first-order chi connectivity index (χ1) is 21.1. The Morgan fingerprint density at radius 1 is 1.09 bits per heavy atom. The fraction of sp³-hybridized carbons (Fsp3) is 0.467. The van der Waals surface area contributed by atoms with E-state index in [0.29, 0.717) is 64.0 Å². The second-order valence-electron chi connectivity index (χ2n) is 11.9. The quantitative estimate of drug-likeness (QED) is 0.345. The van der Waals surface area contributed by atoms with Crippen LogP contribution in [-0.2, 0) is 41.8 Å². The van der Waals surface area contributed by atoms with E-state index in [1.807, 2.05) is 17.8 Å².